The third-order valence-electron chi connectivity index (χ3n) is 0.535. The largest absolute Gasteiger partial charge is 0.198 e. The Hall–Kier alpha value is -0.860. The molecule has 3 nitrogen and oxygen atoms in total. The van der Waals surface area contributed by atoms with Gasteiger partial charge in [0.15, 0.2) is 0 Å². The number of nitrogens with one attached hydrogen (secondary N) is 1. The van der Waals surface area contributed by atoms with E-state index in [1.807, 2.05) is 20.8 Å². The quantitative estimate of drug-likeness (QED) is 0.580. The summed E-state index contributed by atoms with van der Waals surface area (Å²) in [6, 6.07) is 0. The van der Waals surface area contributed by atoms with Gasteiger partial charge in [0.1, 0.15) is 0 Å². The summed E-state index contributed by atoms with van der Waals surface area (Å²) in [5.74, 6) is 0. The molecule has 1 aromatic heterocycles. The predicted molar refractivity (Wildman–Crippen MR) is 39.2 cm³/mol. The van der Waals surface area contributed by atoms with Crippen molar-refractivity contribution >= 4 is 0 Å². The summed E-state index contributed by atoms with van der Waals surface area (Å²) in [6.45, 7) is 5.88. The highest BCUT2D eigenvalue weighted by Gasteiger charge is 1.76. The van der Waals surface area contributed by atoms with Gasteiger partial charge in [-0.05, 0) is 6.92 Å². The van der Waals surface area contributed by atoms with Gasteiger partial charge in [-0.2, -0.15) is 15.4 Å². The lowest BCUT2D eigenvalue weighted by molar-refractivity contribution is 0.928. The number of H-pyrrole nitrogens is 1. The molecule has 1 N–H and O–H groups in total. The van der Waals surface area contributed by atoms with Gasteiger partial charge in [-0.25, -0.2) is 0 Å². The first-order chi connectivity index (χ1) is 3.89. The molecule has 0 radical (unpaired) electrons. The fourth-order valence-electron chi connectivity index (χ4n) is 0.259. The Bertz CT molecular complexity index is 112. The fourth-order valence-corrected chi connectivity index (χ4v) is 0.259. The number of aromatic amines is 1. The Morgan fingerprint density at radius 3 is 2.11 bits per heavy atom. The molecule has 1 heterocycles. The maximum atomic E-state index is 3.68. The first-order valence-electron chi connectivity index (χ1n) is 2.72. The standard InChI is InChI=1S/C3H5N3.C2H6.CH4/c1-3-2-4-6-5-3;1-2;/h2H,1H3,(H,4,5,6);1-2H3;1H4. The number of rotatable bonds is 0. The van der Waals surface area contributed by atoms with Gasteiger partial charge in [-0.15, -0.1) is 0 Å². The van der Waals surface area contributed by atoms with Crippen molar-refractivity contribution < 1.29 is 0 Å². The first kappa shape index (κ1) is 11.0. The molecular weight excluding hydrogens is 114 g/mol. The molecule has 0 aromatic carbocycles. The van der Waals surface area contributed by atoms with Gasteiger partial charge < -0.3 is 0 Å². The molecule has 9 heavy (non-hydrogen) atoms. The second kappa shape index (κ2) is 7.14. The van der Waals surface area contributed by atoms with Crippen LogP contribution >= 0.6 is 0 Å². The summed E-state index contributed by atoms with van der Waals surface area (Å²) in [6.07, 6.45) is 1.67. The number of hydrogen-bond donors (Lipinski definition) is 1. The van der Waals surface area contributed by atoms with E-state index in [1.165, 1.54) is 0 Å². The first-order valence-corrected chi connectivity index (χ1v) is 2.72. The smallest absolute Gasteiger partial charge is 0.0793 e. The van der Waals surface area contributed by atoms with Crippen LogP contribution in [0, 0.1) is 6.92 Å². The molecule has 0 atom stereocenters. The Kier molecular flexibility index (Phi) is 8.73. The van der Waals surface area contributed by atoms with E-state index in [4.69, 9.17) is 0 Å². The van der Waals surface area contributed by atoms with Gasteiger partial charge in [0.25, 0.3) is 0 Å². The van der Waals surface area contributed by atoms with Gasteiger partial charge in [0.2, 0.25) is 0 Å². The summed E-state index contributed by atoms with van der Waals surface area (Å²) >= 11 is 0. The maximum Gasteiger partial charge on any atom is 0.0793 e. The SMILES string of the molecule is C.CC.Cc1cn[nH]n1. The summed E-state index contributed by atoms with van der Waals surface area (Å²) in [7, 11) is 0. The Labute approximate surface area is 56.5 Å². The zero-order chi connectivity index (χ0) is 6.41. The monoisotopic (exact) mass is 129 g/mol. The highest BCUT2D eigenvalue weighted by Crippen LogP contribution is 1.77. The van der Waals surface area contributed by atoms with Crippen LogP contribution in [0.25, 0.3) is 0 Å². The molecule has 0 aliphatic heterocycles. The molecule has 0 aliphatic rings. The summed E-state index contributed by atoms with van der Waals surface area (Å²) in [4.78, 5) is 0. The average molecular weight is 129 g/mol. The molecule has 0 saturated carbocycles. The number of nitrogens with zero attached hydrogens (tertiary/aromatic N) is 2. The minimum Gasteiger partial charge on any atom is -0.198 e. The maximum absolute atomic E-state index is 3.68. The van der Waals surface area contributed by atoms with Crippen molar-refractivity contribution in [2.24, 2.45) is 0 Å². The lowest BCUT2D eigenvalue weighted by atomic mass is 10.6. The van der Waals surface area contributed by atoms with E-state index < -0.39 is 0 Å². The van der Waals surface area contributed by atoms with E-state index >= 15 is 0 Å². The topological polar surface area (TPSA) is 41.6 Å². The highest BCUT2D eigenvalue weighted by molar-refractivity contribution is 4.82. The Morgan fingerprint density at radius 1 is 1.44 bits per heavy atom. The predicted octanol–water partition coefficient (Wildman–Crippen LogP) is 1.78. The van der Waals surface area contributed by atoms with Crippen LogP contribution < -0.4 is 0 Å². The van der Waals surface area contributed by atoms with Crippen molar-refractivity contribution in [1.82, 2.24) is 15.4 Å². The molecule has 1 aromatic rings. The van der Waals surface area contributed by atoms with Crippen molar-refractivity contribution in [1.29, 1.82) is 0 Å². The van der Waals surface area contributed by atoms with Gasteiger partial charge >= 0.3 is 0 Å². The van der Waals surface area contributed by atoms with Crippen molar-refractivity contribution in [3.63, 3.8) is 0 Å². The number of aryl methyl sites for hydroxylation is 1. The van der Waals surface area contributed by atoms with E-state index in [-0.39, 0.29) is 7.43 Å². The summed E-state index contributed by atoms with van der Waals surface area (Å²) in [5.41, 5.74) is 0.926. The van der Waals surface area contributed by atoms with Crippen LogP contribution in [0.15, 0.2) is 6.20 Å². The van der Waals surface area contributed by atoms with Gasteiger partial charge in [-0.1, -0.05) is 21.3 Å². The lowest BCUT2D eigenvalue weighted by Gasteiger charge is -1.62. The van der Waals surface area contributed by atoms with Gasteiger partial charge in [0, 0.05) is 0 Å². The van der Waals surface area contributed by atoms with Crippen LogP contribution in [-0.4, -0.2) is 15.4 Å². The second-order valence-corrected chi connectivity index (χ2v) is 1.11. The number of aromatic nitrogens is 3. The van der Waals surface area contributed by atoms with Crippen LogP contribution in [0.5, 0.6) is 0 Å². The summed E-state index contributed by atoms with van der Waals surface area (Å²) in [5, 5.41) is 9.70. The van der Waals surface area contributed by atoms with Gasteiger partial charge in [-0.3, -0.25) is 0 Å². The van der Waals surface area contributed by atoms with Crippen molar-refractivity contribution in [3.05, 3.63) is 11.9 Å². The molecule has 0 unspecified atom stereocenters. The minimum atomic E-state index is 0. The molecule has 1 rings (SSSR count). The van der Waals surface area contributed by atoms with E-state index in [1.54, 1.807) is 6.20 Å². The summed E-state index contributed by atoms with van der Waals surface area (Å²) < 4.78 is 0. The normalized spacial score (nSPS) is 6.56. The molecule has 0 spiro atoms. The molecular formula is C6H15N3. The fraction of sp³-hybridized carbons (Fsp3) is 0.667. The van der Waals surface area contributed by atoms with E-state index in [9.17, 15) is 0 Å². The molecule has 3 heteroatoms. The van der Waals surface area contributed by atoms with E-state index in [2.05, 4.69) is 15.4 Å². The highest BCUT2D eigenvalue weighted by atomic mass is 15.3. The van der Waals surface area contributed by atoms with Crippen LogP contribution in [-0.2, 0) is 0 Å². The Morgan fingerprint density at radius 2 is 2.00 bits per heavy atom. The number of hydrogen-bond acceptors (Lipinski definition) is 2. The average Bonchev–Trinajstić information content (AvgIpc) is 2.24. The third-order valence-corrected chi connectivity index (χ3v) is 0.535. The molecule has 0 aliphatic carbocycles. The molecule has 0 saturated heterocycles. The third kappa shape index (κ3) is 5.00. The van der Waals surface area contributed by atoms with Crippen LogP contribution in [0.1, 0.15) is 27.0 Å². The molecule has 0 fully saturated rings. The van der Waals surface area contributed by atoms with Crippen molar-refractivity contribution in [3.8, 4) is 0 Å². The second-order valence-electron chi connectivity index (χ2n) is 1.11. The zero-order valence-electron chi connectivity index (χ0n) is 5.47. The minimum absolute atomic E-state index is 0. The van der Waals surface area contributed by atoms with Crippen molar-refractivity contribution in [2.75, 3.05) is 0 Å². The van der Waals surface area contributed by atoms with E-state index in [0.29, 0.717) is 0 Å². The van der Waals surface area contributed by atoms with Crippen LogP contribution in [0.2, 0.25) is 0 Å². The molecule has 0 amide bonds. The van der Waals surface area contributed by atoms with Crippen LogP contribution in [0.4, 0.5) is 0 Å². The van der Waals surface area contributed by atoms with Gasteiger partial charge in [0.05, 0.1) is 11.9 Å². The Balaban J connectivity index is 0. The van der Waals surface area contributed by atoms with Crippen LogP contribution in [0.3, 0.4) is 0 Å². The van der Waals surface area contributed by atoms with E-state index in [0.717, 1.165) is 5.69 Å². The lowest BCUT2D eigenvalue weighted by Crippen LogP contribution is -1.66. The molecule has 0 bridgehead atoms. The zero-order valence-corrected chi connectivity index (χ0v) is 5.47. The molecule has 54 valence electrons. The van der Waals surface area contributed by atoms with Crippen molar-refractivity contribution in [2.45, 2.75) is 28.2 Å².